The standard InChI is InChI=1S/C18H14O3/c19-17(13-6-2-1-3-7-13)14-10-4-8-12-9-5-11-15(16(12)14)18(20)21/h1-11,17,19H,(H,20,21). The summed E-state index contributed by atoms with van der Waals surface area (Å²) >= 11 is 0. The van der Waals surface area contributed by atoms with Gasteiger partial charge in [-0.25, -0.2) is 4.79 Å². The number of fused-ring (bicyclic) bond motifs is 1. The van der Waals surface area contributed by atoms with Crippen molar-refractivity contribution in [3.05, 3.63) is 83.4 Å². The van der Waals surface area contributed by atoms with E-state index in [2.05, 4.69) is 0 Å². The second-order valence-electron chi connectivity index (χ2n) is 4.87. The fourth-order valence-electron chi connectivity index (χ4n) is 2.59. The Morgan fingerprint density at radius 2 is 1.52 bits per heavy atom. The maximum absolute atomic E-state index is 11.4. The summed E-state index contributed by atoms with van der Waals surface area (Å²) in [5, 5.41) is 21.4. The van der Waals surface area contributed by atoms with Crippen LogP contribution in [0.1, 0.15) is 27.6 Å². The molecular weight excluding hydrogens is 264 g/mol. The number of hydrogen-bond acceptors (Lipinski definition) is 2. The highest BCUT2D eigenvalue weighted by atomic mass is 16.4. The first-order chi connectivity index (χ1) is 10.2. The Bertz CT molecular complexity index is 789. The van der Waals surface area contributed by atoms with Crippen LogP contribution in [-0.4, -0.2) is 16.2 Å². The molecule has 3 nitrogen and oxygen atoms in total. The topological polar surface area (TPSA) is 57.5 Å². The van der Waals surface area contributed by atoms with Crippen LogP contribution in [0.15, 0.2) is 66.7 Å². The van der Waals surface area contributed by atoms with E-state index in [0.717, 1.165) is 10.9 Å². The van der Waals surface area contributed by atoms with Gasteiger partial charge in [0.25, 0.3) is 0 Å². The Balaban J connectivity index is 2.25. The predicted molar refractivity (Wildman–Crippen MR) is 81.4 cm³/mol. The third-order valence-corrected chi connectivity index (χ3v) is 3.58. The van der Waals surface area contributed by atoms with Crippen molar-refractivity contribution >= 4 is 16.7 Å². The number of rotatable bonds is 3. The van der Waals surface area contributed by atoms with E-state index in [0.29, 0.717) is 10.9 Å². The van der Waals surface area contributed by atoms with Gasteiger partial charge in [0.1, 0.15) is 6.10 Å². The lowest BCUT2D eigenvalue weighted by molar-refractivity contribution is 0.0699. The third kappa shape index (κ3) is 2.39. The third-order valence-electron chi connectivity index (χ3n) is 3.58. The molecule has 0 amide bonds. The van der Waals surface area contributed by atoms with Crippen LogP contribution >= 0.6 is 0 Å². The minimum Gasteiger partial charge on any atom is -0.478 e. The summed E-state index contributed by atoms with van der Waals surface area (Å²) < 4.78 is 0. The first kappa shape index (κ1) is 13.3. The highest BCUT2D eigenvalue weighted by molar-refractivity contribution is 6.05. The van der Waals surface area contributed by atoms with Crippen LogP contribution in [0.5, 0.6) is 0 Å². The number of carbonyl (C=O) groups is 1. The maximum atomic E-state index is 11.4. The van der Waals surface area contributed by atoms with Gasteiger partial charge in [0.15, 0.2) is 0 Å². The van der Waals surface area contributed by atoms with Crippen molar-refractivity contribution in [3.8, 4) is 0 Å². The Hall–Kier alpha value is -2.65. The Labute approximate surface area is 122 Å². The number of aliphatic hydroxyl groups is 1. The molecule has 1 atom stereocenters. The minimum atomic E-state index is -0.992. The van der Waals surface area contributed by atoms with Crippen LogP contribution in [0.3, 0.4) is 0 Å². The monoisotopic (exact) mass is 278 g/mol. The molecule has 0 bridgehead atoms. The van der Waals surface area contributed by atoms with Crippen molar-refractivity contribution < 1.29 is 15.0 Å². The van der Waals surface area contributed by atoms with E-state index in [4.69, 9.17) is 0 Å². The van der Waals surface area contributed by atoms with Gasteiger partial charge in [0, 0.05) is 5.39 Å². The molecule has 3 aromatic rings. The van der Waals surface area contributed by atoms with Gasteiger partial charge in [0.2, 0.25) is 0 Å². The SMILES string of the molecule is O=C(O)c1cccc2cccc(C(O)c3ccccc3)c12. The molecule has 0 heterocycles. The zero-order chi connectivity index (χ0) is 14.8. The van der Waals surface area contributed by atoms with Crippen molar-refractivity contribution in [1.82, 2.24) is 0 Å². The molecule has 0 aliphatic rings. The molecule has 0 saturated heterocycles. The van der Waals surface area contributed by atoms with E-state index in [1.807, 2.05) is 48.5 Å². The van der Waals surface area contributed by atoms with Crippen LogP contribution in [0.4, 0.5) is 0 Å². The van der Waals surface area contributed by atoms with E-state index in [1.54, 1.807) is 18.2 Å². The zero-order valence-electron chi connectivity index (χ0n) is 11.2. The number of aliphatic hydroxyl groups excluding tert-OH is 1. The number of hydrogen-bond donors (Lipinski definition) is 2. The largest absolute Gasteiger partial charge is 0.478 e. The average Bonchev–Trinajstić information content (AvgIpc) is 2.53. The molecule has 0 saturated carbocycles. The summed E-state index contributed by atoms with van der Waals surface area (Å²) in [6, 6.07) is 19.8. The summed E-state index contributed by atoms with van der Waals surface area (Å²) in [5.74, 6) is -0.992. The van der Waals surface area contributed by atoms with Crippen LogP contribution in [-0.2, 0) is 0 Å². The van der Waals surface area contributed by atoms with Gasteiger partial charge >= 0.3 is 5.97 Å². The molecule has 0 fully saturated rings. The number of aromatic carboxylic acids is 1. The molecule has 21 heavy (non-hydrogen) atoms. The van der Waals surface area contributed by atoms with Gasteiger partial charge in [0.05, 0.1) is 5.56 Å². The minimum absolute atomic E-state index is 0.207. The molecule has 3 rings (SSSR count). The number of benzene rings is 3. The van der Waals surface area contributed by atoms with Crippen LogP contribution in [0.25, 0.3) is 10.8 Å². The van der Waals surface area contributed by atoms with Crippen molar-refractivity contribution in [2.75, 3.05) is 0 Å². The van der Waals surface area contributed by atoms with Crippen LogP contribution in [0.2, 0.25) is 0 Å². The summed E-state index contributed by atoms with van der Waals surface area (Å²) in [6.45, 7) is 0. The quantitative estimate of drug-likeness (QED) is 0.769. The Morgan fingerprint density at radius 1 is 0.857 bits per heavy atom. The molecule has 0 aliphatic carbocycles. The Kier molecular flexibility index (Phi) is 3.42. The summed E-state index contributed by atoms with van der Waals surface area (Å²) in [7, 11) is 0. The van der Waals surface area contributed by atoms with Gasteiger partial charge in [-0.3, -0.25) is 0 Å². The van der Waals surface area contributed by atoms with Gasteiger partial charge in [-0.05, 0) is 22.6 Å². The molecule has 0 radical (unpaired) electrons. The summed E-state index contributed by atoms with van der Waals surface area (Å²) in [5.41, 5.74) is 1.56. The first-order valence-electron chi connectivity index (χ1n) is 6.66. The Morgan fingerprint density at radius 3 is 2.19 bits per heavy atom. The summed E-state index contributed by atoms with van der Waals surface area (Å²) in [6.07, 6.45) is -0.851. The molecular formula is C18H14O3. The van der Waals surface area contributed by atoms with Crippen molar-refractivity contribution in [1.29, 1.82) is 0 Å². The molecule has 2 N–H and O–H groups in total. The second-order valence-corrected chi connectivity index (χ2v) is 4.87. The lowest BCUT2D eigenvalue weighted by Crippen LogP contribution is -2.04. The van der Waals surface area contributed by atoms with Gasteiger partial charge in [-0.1, -0.05) is 60.7 Å². The molecule has 0 spiro atoms. The van der Waals surface area contributed by atoms with Gasteiger partial charge in [-0.15, -0.1) is 0 Å². The van der Waals surface area contributed by atoms with E-state index in [9.17, 15) is 15.0 Å². The summed E-state index contributed by atoms with van der Waals surface area (Å²) in [4.78, 5) is 11.4. The van der Waals surface area contributed by atoms with Crippen LogP contribution < -0.4 is 0 Å². The normalized spacial score (nSPS) is 12.2. The molecule has 1 unspecified atom stereocenters. The van der Waals surface area contributed by atoms with E-state index < -0.39 is 12.1 Å². The molecule has 3 heteroatoms. The van der Waals surface area contributed by atoms with Crippen LogP contribution in [0, 0.1) is 0 Å². The fourth-order valence-corrected chi connectivity index (χ4v) is 2.59. The van der Waals surface area contributed by atoms with E-state index in [1.165, 1.54) is 0 Å². The average molecular weight is 278 g/mol. The van der Waals surface area contributed by atoms with Gasteiger partial charge in [-0.2, -0.15) is 0 Å². The number of carboxylic acids is 1. The second kappa shape index (κ2) is 5.38. The van der Waals surface area contributed by atoms with Gasteiger partial charge < -0.3 is 10.2 Å². The predicted octanol–water partition coefficient (Wildman–Crippen LogP) is 3.62. The zero-order valence-corrected chi connectivity index (χ0v) is 11.2. The van der Waals surface area contributed by atoms with Crippen molar-refractivity contribution in [2.24, 2.45) is 0 Å². The highest BCUT2D eigenvalue weighted by Gasteiger charge is 2.17. The molecule has 3 aromatic carbocycles. The molecule has 0 aromatic heterocycles. The molecule has 0 aliphatic heterocycles. The van der Waals surface area contributed by atoms with E-state index >= 15 is 0 Å². The van der Waals surface area contributed by atoms with Crippen molar-refractivity contribution in [2.45, 2.75) is 6.10 Å². The van der Waals surface area contributed by atoms with Crippen molar-refractivity contribution in [3.63, 3.8) is 0 Å². The molecule has 104 valence electrons. The lowest BCUT2D eigenvalue weighted by Gasteiger charge is -2.15. The lowest BCUT2D eigenvalue weighted by atomic mass is 9.93. The fraction of sp³-hybridized carbons (Fsp3) is 0.0556. The highest BCUT2D eigenvalue weighted by Crippen LogP contribution is 2.31. The first-order valence-corrected chi connectivity index (χ1v) is 6.66. The smallest absolute Gasteiger partial charge is 0.336 e. The maximum Gasteiger partial charge on any atom is 0.336 e. The number of carboxylic acid groups (broad SMARTS) is 1. The van der Waals surface area contributed by atoms with E-state index in [-0.39, 0.29) is 5.56 Å².